The van der Waals surface area contributed by atoms with Crippen LogP contribution in [0, 0.1) is 46.3 Å². The summed E-state index contributed by atoms with van der Waals surface area (Å²) < 4.78 is 6.20. The van der Waals surface area contributed by atoms with Gasteiger partial charge in [0.05, 0.1) is 0 Å². The molecule has 1 saturated heterocycles. The first-order chi connectivity index (χ1) is 12.8. The minimum Gasteiger partial charge on any atom is -0.458 e. The van der Waals surface area contributed by atoms with Crippen molar-refractivity contribution < 1.29 is 14.3 Å². The first kappa shape index (κ1) is 16.8. The molecule has 6 aliphatic rings. The molecule has 27 heavy (non-hydrogen) atoms. The Morgan fingerprint density at radius 1 is 1.07 bits per heavy atom. The van der Waals surface area contributed by atoms with E-state index in [9.17, 15) is 9.59 Å². The van der Waals surface area contributed by atoms with Crippen LogP contribution in [0.5, 0.6) is 0 Å². The van der Waals surface area contributed by atoms with E-state index in [1.807, 2.05) is 6.08 Å². The van der Waals surface area contributed by atoms with E-state index in [4.69, 9.17) is 4.74 Å². The Kier molecular flexibility index (Phi) is 3.04. The fourth-order valence-electron chi connectivity index (χ4n) is 9.24. The normalized spacial score (nSPS) is 58.1. The zero-order valence-corrected chi connectivity index (χ0v) is 16.9. The Bertz CT molecular complexity index is 782. The molecule has 0 aromatic rings. The summed E-state index contributed by atoms with van der Waals surface area (Å²) in [4.78, 5) is 24.2. The molecule has 146 valence electrons. The van der Waals surface area contributed by atoms with Crippen LogP contribution in [0.2, 0.25) is 0 Å². The lowest BCUT2D eigenvalue weighted by Gasteiger charge is -2.62. The molecule has 3 nitrogen and oxygen atoms in total. The van der Waals surface area contributed by atoms with Crippen LogP contribution in [0.1, 0.15) is 72.1 Å². The van der Waals surface area contributed by atoms with Crippen molar-refractivity contribution in [3.8, 4) is 0 Å². The lowest BCUT2D eigenvalue weighted by atomic mass is 9.43. The number of rotatable bonds is 0. The largest absolute Gasteiger partial charge is 0.458 e. The summed E-state index contributed by atoms with van der Waals surface area (Å²) >= 11 is 0. The lowest BCUT2D eigenvalue weighted by Crippen LogP contribution is -2.58. The van der Waals surface area contributed by atoms with Gasteiger partial charge in [-0.15, -0.1) is 0 Å². The van der Waals surface area contributed by atoms with Crippen LogP contribution < -0.4 is 0 Å². The van der Waals surface area contributed by atoms with Gasteiger partial charge < -0.3 is 4.74 Å². The Hall–Kier alpha value is -1.12. The van der Waals surface area contributed by atoms with Gasteiger partial charge in [0, 0.05) is 24.2 Å². The molecule has 5 aliphatic carbocycles. The maximum absolute atomic E-state index is 12.1. The molecule has 1 aliphatic heterocycles. The van der Waals surface area contributed by atoms with Gasteiger partial charge in [0.2, 0.25) is 0 Å². The molecule has 4 saturated carbocycles. The van der Waals surface area contributed by atoms with E-state index in [2.05, 4.69) is 20.8 Å². The Labute approximate surface area is 162 Å². The number of ketones is 1. The van der Waals surface area contributed by atoms with Crippen LogP contribution in [0.25, 0.3) is 0 Å². The SMILES string of the molecule is CC1CC2=CC(=O)CCC2(C)C2CCC3(C)C(C4CC4C34CCC(=O)O4)C12. The minimum atomic E-state index is -0.149. The topological polar surface area (TPSA) is 43.4 Å². The third-order valence-corrected chi connectivity index (χ3v) is 10.4. The number of esters is 1. The van der Waals surface area contributed by atoms with Crippen LogP contribution in [0.4, 0.5) is 0 Å². The smallest absolute Gasteiger partial charge is 0.306 e. The molecule has 9 unspecified atom stereocenters. The lowest BCUT2D eigenvalue weighted by molar-refractivity contribution is -0.179. The van der Waals surface area contributed by atoms with Crippen LogP contribution >= 0.6 is 0 Å². The minimum absolute atomic E-state index is 0.0457. The van der Waals surface area contributed by atoms with Crippen molar-refractivity contribution in [2.24, 2.45) is 46.3 Å². The second kappa shape index (κ2) is 4.89. The van der Waals surface area contributed by atoms with Crippen LogP contribution in [0.15, 0.2) is 11.6 Å². The van der Waals surface area contributed by atoms with E-state index in [-0.39, 0.29) is 22.4 Å². The molecule has 0 aromatic heterocycles. The Morgan fingerprint density at radius 2 is 1.89 bits per heavy atom. The average molecular weight is 369 g/mol. The summed E-state index contributed by atoms with van der Waals surface area (Å²) in [5.74, 6) is 4.56. The van der Waals surface area contributed by atoms with Gasteiger partial charge >= 0.3 is 5.97 Å². The Morgan fingerprint density at radius 3 is 2.63 bits per heavy atom. The molecular weight excluding hydrogens is 336 g/mol. The molecule has 0 radical (unpaired) electrons. The number of hydrogen-bond donors (Lipinski definition) is 0. The molecule has 9 atom stereocenters. The summed E-state index contributed by atoms with van der Waals surface area (Å²) in [6.45, 7) is 7.37. The standard InChI is InChI=1S/C24H32O3/c1-13-10-14-11-15(25)4-7-22(14,2)17-5-8-23(3)21(20(13)17)16-12-18(16)24(23)9-6-19(26)27-24/h11,13,16-18,20-21H,4-10,12H2,1-3H3. The number of hydrogen-bond acceptors (Lipinski definition) is 3. The van der Waals surface area contributed by atoms with Gasteiger partial charge in [0.1, 0.15) is 5.60 Å². The second-order valence-corrected chi connectivity index (χ2v) is 11.3. The molecule has 1 spiro atoms. The van der Waals surface area contributed by atoms with Crippen molar-refractivity contribution in [3.05, 3.63) is 11.6 Å². The quantitative estimate of drug-likeness (QED) is 0.582. The summed E-state index contributed by atoms with van der Waals surface area (Å²) in [5, 5.41) is 0. The van der Waals surface area contributed by atoms with Crippen molar-refractivity contribution in [3.63, 3.8) is 0 Å². The molecule has 5 fully saturated rings. The number of carbonyl (C=O) groups is 2. The van der Waals surface area contributed by atoms with Gasteiger partial charge in [-0.3, -0.25) is 9.59 Å². The summed E-state index contributed by atoms with van der Waals surface area (Å²) in [5.41, 5.74) is 1.69. The summed E-state index contributed by atoms with van der Waals surface area (Å²) in [6, 6.07) is 0. The zero-order valence-electron chi connectivity index (χ0n) is 16.9. The van der Waals surface area contributed by atoms with Crippen LogP contribution in [-0.2, 0) is 14.3 Å². The highest BCUT2D eigenvalue weighted by atomic mass is 16.6. The molecular formula is C24H32O3. The second-order valence-electron chi connectivity index (χ2n) is 11.3. The fraction of sp³-hybridized carbons (Fsp3) is 0.833. The van der Waals surface area contributed by atoms with E-state index in [1.165, 1.54) is 24.8 Å². The third-order valence-electron chi connectivity index (χ3n) is 10.4. The molecule has 0 N–H and O–H groups in total. The molecule has 0 aromatic carbocycles. The van der Waals surface area contributed by atoms with Gasteiger partial charge in [-0.25, -0.2) is 0 Å². The van der Waals surface area contributed by atoms with Crippen molar-refractivity contribution in [2.45, 2.75) is 77.7 Å². The van der Waals surface area contributed by atoms with Gasteiger partial charge in [0.25, 0.3) is 0 Å². The highest BCUT2D eigenvalue weighted by molar-refractivity contribution is 5.91. The van der Waals surface area contributed by atoms with Gasteiger partial charge in [-0.2, -0.15) is 0 Å². The molecule has 6 rings (SSSR count). The first-order valence-electron chi connectivity index (χ1n) is 11.3. The first-order valence-corrected chi connectivity index (χ1v) is 11.3. The maximum atomic E-state index is 12.1. The maximum Gasteiger partial charge on any atom is 0.306 e. The van der Waals surface area contributed by atoms with E-state index in [1.54, 1.807) is 0 Å². The van der Waals surface area contributed by atoms with E-state index in [0.29, 0.717) is 35.9 Å². The van der Waals surface area contributed by atoms with Gasteiger partial charge in [-0.05, 0) is 79.6 Å². The highest BCUT2D eigenvalue weighted by Gasteiger charge is 2.79. The predicted octanol–water partition coefficient (Wildman–Crippen LogP) is 4.70. The van der Waals surface area contributed by atoms with E-state index in [0.717, 1.165) is 37.5 Å². The van der Waals surface area contributed by atoms with Crippen molar-refractivity contribution >= 4 is 11.8 Å². The highest BCUT2D eigenvalue weighted by Crippen LogP contribution is 2.79. The van der Waals surface area contributed by atoms with Crippen LogP contribution in [-0.4, -0.2) is 17.4 Å². The molecule has 1 heterocycles. The fourth-order valence-corrected chi connectivity index (χ4v) is 9.24. The van der Waals surface area contributed by atoms with E-state index >= 15 is 0 Å². The number of allylic oxidation sites excluding steroid dienone is 1. The number of fused-ring (bicyclic) bond motifs is 9. The summed E-state index contributed by atoms with van der Waals surface area (Å²) in [6.07, 6.45) is 10.2. The zero-order chi connectivity index (χ0) is 18.8. The number of ether oxygens (including phenoxy) is 1. The Balaban J connectivity index is 1.43. The number of carbonyl (C=O) groups excluding carboxylic acids is 2. The van der Waals surface area contributed by atoms with Crippen molar-refractivity contribution in [1.29, 1.82) is 0 Å². The van der Waals surface area contributed by atoms with Crippen LogP contribution in [0.3, 0.4) is 0 Å². The van der Waals surface area contributed by atoms with Gasteiger partial charge in [0.15, 0.2) is 5.78 Å². The molecule has 3 heteroatoms. The van der Waals surface area contributed by atoms with E-state index < -0.39 is 0 Å². The van der Waals surface area contributed by atoms with Gasteiger partial charge in [-0.1, -0.05) is 26.3 Å². The molecule has 0 amide bonds. The average Bonchev–Trinajstić information content (AvgIpc) is 3.26. The third kappa shape index (κ3) is 1.81. The summed E-state index contributed by atoms with van der Waals surface area (Å²) in [7, 11) is 0. The molecule has 0 bridgehead atoms. The predicted molar refractivity (Wildman–Crippen MR) is 102 cm³/mol. The van der Waals surface area contributed by atoms with Crippen molar-refractivity contribution in [2.75, 3.05) is 0 Å². The van der Waals surface area contributed by atoms with Crippen molar-refractivity contribution in [1.82, 2.24) is 0 Å². The monoisotopic (exact) mass is 368 g/mol.